The first-order valence-corrected chi connectivity index (χ1v) is 14.6. The van der Waals surface area contributed by atoms with Crippen LogP contribution in [0.2, 0.25) is 0 Å². The van der Waals surface area contributed by atoms with Gasteiger partial charge >= 0.3 is 0 Å². The van der Waals surface area contributed by atoms with Gasteiger partial charge in [0.25, 0.3) is 0 Å². The van der Waals surface area contributed by atoms with Gasteiger partial charge in [-0.2, -0.15) is 0 Å². The molecule has 3 aliphatic rings. The molecule has 7 heteroatoms. The maximum absolute atomic E-state index is 13.5. The lowest BCUT2D eigenvalue weighted by Gasteiger charge is -2.44. The number of ketones is 2. The third-order valence-electron chi connectivity index (χ3n) is 7.50. The molecular weight excluding hydrogens is 596 g/mol. The molecule has 0 bridgehead atoms. The summed E-state index contributed by atoms with van der Waals surface area (Å²) in [5.74, 6) is 0.816. The second kappa shape index (κ2) is 11.6. The van der Waals surface area contributed by atoms with E-state index in [0.717, 1.165) is 75.9 Å². The molecule has 38 heavy (non-hydrogen) atoms. The van der Waals surface area contributed by atoms with E-state index in [0.29, 0.717) is 30.9 Å². The fourth-order valence-corrected chi connectivity index (χ4v) is 6.72. The number of ether oxygens (including phenoxy) is 2. The summed E-state index contributed by atoms with van der Waals surface area (Å²) < 4.78 is 26.4. The van der Waals surface area contributed by atoms with Gasteiger partial charge in [-0.05, 0) is 97.0 Å². The van der Waals surface area contributed by atoms with E-state index in [2.05, 4.69) is 34.4 Å². The molecule has 200 valence electrons. The Labute approximate surface area is 237 Å². The highest BCUT2D eigenvalue weighted by Gasteiger charge is 2.43. The monoisotopic (exact) mass is 629 g/mol. The van der Waals surface area contributed by atoms with Crippen LogP contribution < -0.4 is 9.47 Å². The summed E-state index contributed by atoms with van der Waals surface area (Å²) in [4.78, 5) is 29.3. The summed E-state index contributed by atoms with van der Waals surface area (Å²) in [6.45, 7) is 5.60. The van der Waals surface area contributed by atoms with Crippen LogP contribution in [0.4, 0.5) is 4.39 Å². The maximum atomic E-state index is 13.5. The largest absolute Gasteiger partial charge is 0.490 e. The van der Waals surface area contributed by atoms with Crippen molar-refractivity contribution in [3.63, 3.8) is 0 Å². The molecule has 0 saturated heterocycles. The number of carbonyl (C=O) groups is 2. The standard InChI is InChI=1S/C31H33FINO4/c1-3-15-34-23-7-5-9-25(35)29(23)28(30-24(34)8-6-10-26(30)36)20-16-22(33)31(27(17-20)37-4-2)38-18-19-11-13-21(32)14-12-19/h11-14,16-17,28H,3-10,15,18H2,1-2H3. The molecule has 0 atom stereocenters. The van der Waals surface area contributed by atoms with Gasteiger partial charge in [0.15, 0.2) is 23.1 Å². The minimum absolute atomic E-state index is 0.145. The first-order valence-electron chi connectivity index (χ1n) is 13.6. The molecule has 0 spiro atoms. The number of nitrogens with zero attached hydrogens (tertiary/aromatic N) is 1. The van der Waals surface area contributed by atoms with Crippen LogP contribution in [0.15, 0.2) is 58.9 Å². The quantitative estimate of drug-likeness (QED) is 0.289. The van der Waals surface area contributed by atoms with Crippen molar-refractivity contribution < 1.29 is 23.5 Å². The van der Waals surface area contributed by atoms with Crippen LogP contribution in [0.3, 0.4) is 0 Å². The molecule has 0 amide bonds. The van der Waals surface area contributed by atoms with Crippen molar-refractivity contribution in [2.75, 3.05) is 13.2 Å². The van der Waals surface area contributed by atoms with Crippen LogP contribution in [0, 0.1) is 9.39 Å². The molecule has 0 radical (unpaired) electrons. The number of Topliss-reactive ketones (excluding diaryl/α,β-unsaturated/α-hetero) is 2. The summed E-state index contributed by atoms with van der Waals surface area (Å²) in [5.41, 5.74) is 5.53. The molecule has 2 aromatic carbocycles. The van der Waals surface area contributed by atoms with Crippen molar-refractivity contribution >= 4 is 34.2 Å². The fraction of sp³-hybridized carbons (Fsp3) is 0.419. The minimum atomic E-state index is -0.382. The average Bonchev–Trinajstić information content (AvgIpc) is 2.90. The topological polar surface area (TPSA) is 55.8 Å². The zero-order valence-corrected chi connectivity index (χ0v) is 24.1. The van der Waals surface area contributed by atoms with E-state index < -0.39 is 0 Å². The molecule has 1 aliphatic heterocycles. The third kappa shape index (κ3) is 5.14. The van der Waals surface area contributed by atoms with Gasteiger partial charge in [0.1, 0.15) is 12.4 Å². The predicted molar refractivity (Wildman–Crippen MR) is 153 cm³/mol. The Hall–Kier alpha value is -2.68. The zero-order valence-electron chi connectivity index (χ0n) is 21.9. The van der Waals surface area contributed by atoms with Crippen LogP contribution in [0.5, 0.6) is 11.5 Å². The number of hydrogen-bond acceptors (Lipinski definition) is 5. The molecular formula is C31H33FINO4. The number of hydrogen-bond donors (Lipinski definition) is 0. The summed E-state index contributed by atoms with van der Waals surface area (Å²) in [5, 5.41) is 0. The van der Waals surface area contributed by atoms with Gasteiger partial charge in [-0.15, -0.1) is 0 Å². The molecule has 2 aliphatic carbocycles. The van der Waals surface area contributed by atoms with Gasteiger partial charge in [-0.1, -0.05) is 19.1 Å². The zero-order chi connectivity index (χ0) is 26.8. The number of halogens is 2. The minimum Gasteiger partial charge on any atom is -0.490 e. The number of rotatable bonds is 8. The third-order valence-corrected chi connectivity index (χ3v) is 8.30. The van der Waals surface area contributed by atoms with Crippen molar-refractivity contribution in [3.05, 3.63) is 79.5 Å². The highest BCUT2D eigenvalue weighted by molar-refractivity contribution is 14.1. The molecule has 0 unspecified atom stereocenters. The molecule has 2 aromatic rings. The van der Waals surface area contributed by atoms with E-state index in [4.69, 9.17) is 9.47 Å². The number of allylic oxidation sites excluding steroid dienone is 4. The molecule has 0 aromatic heterocycles. The van der Waals surface area contributed by atoms with Crippen LogP contribution >= 0.6 is 22.6 Å². The molecule has 5 nitrogen and oxygen atoms in total. The van der Waals surface area contributed by atoms with Gasteiger partial charge in [-0.3, -0.25) is 9.59 Å². The summed E-state index contributed by atoms with van der Waals surface area (Å²) in [6.07, 6.45) is 5.39. The Morgan fingerprint density at radius 3 is 2.13 bits per heavy atom. The predicted octanol–water partition coefficient (Wildman–Crippen LogP) is 7.23. The van der Waals surface area contributed by atoms with Crippen molar-refractivity contribution in [3.8, 4) is 11.5 Å². The van der Waals surface area contributed by atoms with E-state index in [9.17, 15) is 14.0 Å². The smallest absolute Gasteiger partial charge is 0.174 e. The van der Waals surface area contributed by atoms with Crippen LogP contribution in [0.1, 0.15) is 75.8 Å². The summed E-state index contributed by atoms with van der Waals surface area (Å²) in [7, 11) is 0. The Morgan fingerprint density at radius 1 is 0.921 bits per heavy atom. The van der Waals surface area contributed by atoms with Crippen LogP contribution in [0.25, 0.3) is 0 Å². The highest BCUT2D eigenvalue weighted by Crippen LogP contribution is 2.50. The average molecular weight is 630 g/mol. The van der Waals surface area contributed by atoms with E-state index in [1.807, 2.05) is 19.1 Å². The second-order valence-corrected chi connectivity index (χ2v) is 11.2. The highest BCUT2D eigenvalue weighted by atomic mass is 127. The van der Waals surface area contributed by atoms with E-state index in [1.165, 1.54) is 12.1 Å². The summed E-state index contributed by atoms with van der Waals surface area (Å²) in [6, 6.07) is 10.2. The molecule has 0 N–H and O–H groups in total. The van der Waals surface area contributed by atoms with Crippen LogP contribution in [-0.4, -0.2) is 29.6 Å². The van der Waals surface area contributed by atoms with E-state index >= 15 is 0 Å². The van der Waals surface area contributed by atoms with Gasteiger partial charge < -0.3 is 14.4 Å². The Kier molecular flexibility index (Phi) is 8.21. The first kappa shape index (κ1) is 26.9. The number of benzene rings is 2. The molecule has 0 fully saturated rings. The lowest BCUT2D eigenvalue weighted by molar-refractivity contribution is -0.117. The first-order chi connectivity index (χ1) is 18.4. The van der Waals surface area contributed by atoms with Gasteiger partial charge in [-0.25, -0.2) is 4.39 Å². The van der Waals surface area contributed by atoms with E-state index in [-0.39, 0.29) is 29.9 Å². The van der Waals surface area contributed by atoms with Crippen molar-refractivity contribution in [2.24, 2.45) is 0 Å². The second-order valence-electron chi connectivity index (χ2n) is 10.0. The Bertz CT molecular complexity index is 1270. The normalized spacial score (nSPS) is 18.1. The molecule has 5 rings (SSSR count). The van der Waals surface area contributed by atoms with E-state index in [1.54, 1.807) is 12.1 Å². The Balaban J connectivity index is 1.60. The lowest BCUT2D eigenvalue weighted by Crippen LogP contribution is -2.39. The van der Waals surface area contributed by atoms with Gasteiger partial charge in [0.05, 0.1) is 10.2 Å². The van der Waals surface area contributed by atoms with Gasteiger partial charge in [0.2, 0.25) is 0 Å². The van der Waals surface area contributed by atoms with Crippen LogP contribution in [-0.2, 0) is 16.2 Å². The van der Waals surface area contributed by atoms with Crippen molar-refractivity contribution in [1.29, 1.82) is 0 Å². The Morgan fingerprint density at radius 2 is 1.55 bits per heavy atom. The fourth-order valence-electron chi connectivity index (χ4n) is 5.94. The summed E-state index contributed by atoms with van der Waals surface area (Å²) >= 11 is 2.24. The lowest BCUT2D eigenvalue weighted by atomic mass is 9.71. The molecule has 0 saturated carbocycles. The SMILES string of the molecule is CCCN1C2=C(C(=O)CCC2)C(c2cc(I)c(OCc3ccc(F)cc3)c(OCC)c2)C2=C1CCCC2=O. The van der Waals surface area contributed by atoms with Crippen molar-refractivity contribution in [1.82, 2.24) is 4.90 Å². The van der Waals surface area contributed by atoms with Crippen molar-refractivity contribution in [2.45, 2.75) is 71.3 Å². The van der Waals surface area contributed by atoms with Gasteiger partial charge in [0, 0.05) is 47.8 Å². The number of carbonyl (C=O) groups excluding carboxylic acids is 2. The maximum Gasteiger partial charge on any atom is 0.174 e. The molecule has 1 heterocycles.